The average molecular weight is 526 g/mol. The molecule has 3 N–H and O–H groups in total. The van der Waals surface area contributed by atoms with Crippen LogP contribution in [0.15, 0.2) is 42.5 Å². The minimum atomic E-state index is -0.727. The molecule has 1 saturated heterocycles. The lowest BCUT2D eigenvalue weighted by Crippen LogP contribution is -2.52. The number of hydrogen-bond donors (Lipinski definition) is 2. The number of nitrogens with two attached hydrogens (primary N) is 1. The van der Waals surface area contributed by atoms with Gasteiger partial charge in [0.05, 0.1) is 12.7 Å². The van der Waals surface area contributed by atoms with Crippen LogP contribution in [0.2, 0.25) is 0 Å². The lowest BCUT2D eigenvalue weighted by atomic mass is 10.0. The Kier molecular flexibility index (Phi) is 8.40. The van der Waals surface area contributed by atoms with Gasteiger partial charge in [0.2, 0.25) is 5.91 Å². The third-order valence-corrected chi connectivity index (χ3v) is 6.98. The number of fused-ring (bicyclic) bond motifs is 1. The molecule has 1 atom stereocenters. The van der Waals surface area contributed by atoms with Gasteiger partial charge in [-0.15, -0.1) is 0 Å². The van der Waals surface area contributed by atoms with Crippen LogP contribution >= 0.6 is 12.2 Å². The van der Waals surface area contributed by atoms with Gasteiger partial charge in [0, 0.05) is 37.2 Å². The highest BCUT2D eigenvalue weighted by Gasteiger charge is 2.39. The Bertz CT molecular complexity index is 1180. The van der Waals surface area contributed by atoms with Crippen LogP contribution < -0.4 is 5.73 Å². The van der Waals surface area contributed by atoms with Crippen molar-refractivity contribution in [2.45, 2.75) is 44.9 Å². The Morgan fingerprint density at radius 1 is 1.16 bits per heavy atom. The third-order valence-electron chi connectivity index (χ3n) is 6.74. The minimum absolute atomic E-state index is 0.106. The molecule has 10 heteroatoms. The number of ether oxygens (including phenoxy) is 2. The SMILES string of the molecule is CCOC(=O)COC1CCN(C(=O)C(Cc2ccc(O)cc2)N2Cc3cc(C(N)=S)ccc3C2=O)CC1. The fraction of sp³-hybridized carbons (Fsp3) is 0.407. The molecule has 1 unspecified atom stereocenters. The summed E-state index contributed by atoms with van der Waals surface area (Å²) in [6.07, 6.45) is 1.34. The van der Waals surface area contributed by atoms with Gasteiger partial charge in [0.15, 0.2) is 0 Å². The number of rotatable bonds is 9. The fourth-order valence-electron chi connectivity index (χ4n) is 4.78. The number of carbonyl (C=O) groups is 3. The predicted octanol–water partition coefficient (Wildman–Crippen LogP) is 2.16. The zero-order valence-corrected chi connectivity index (χ0v) is 21.5. The Morgan fingerprint density at radius 3 is 2.51 bits per heavy atom. The van der Waals surface area contributed by atoms with Crippen LogP contribution in [0.3, 0.4) is 0 Å². The van der Waals surface area contributed by atoms with Crippen molar-refractivity contribution in [3.8, 4) is 5.75 Å². The van der Waals surface area contributed by atoms with Crippen LogP contribution in [0.4, 0.5) is 0 Å². The summed E-state index contributed by atoms with van der Waals surface area (Å²) in [6.45, 7) is 3.13. The molecule has 4 rings (SSSR count). The van der Waals surface area contributed by atoms with Crippen LogP contribution in [0, 0.1) is 0 Å². The van der Waals surface area contributed by atoms with E-state index in [1.165, 1.54) is 0 Å². The molecule has 2 amide bonds. The van der Waals surface area contributed by atoms with Crippen LogP contribution in [-0.2, 0) is 32.0 Å². The van der Waals surface area contributed by atoms with E-state index in [0.29, 0.717) is 50.1 Å². The number of phenolic OH excluding ortho intramolecular Hbond substituents is 1. The van der Waals surface area contributed by atoms with Crippen molar-refractivity contribution < 1.29 is 29.0 Å². The number of hydrogen-bond acceptors (Lipinski definition) is 7. The van der Waals surface area contributed by atoms with E-state index in [-0.39, 0.29) is 41.8 Å². The number of phenols is 1. The molecule has 196 valence electrons. The van der Waals surface area contributed by atoms with E-state index in [0.717, 1.165) is 11.1 Å². The normalized spacial score (nSPS) is 16.4. The molecule has 2 aromatic carbocycles. The fourth-order valence-corrected chi connectivity index (χ4v) is 4.90. The van der Waals surface area contributed by atoms with Crippen molar-refractivity contribution in [2.75, 3.05) is 26.3 Å². The molecule has 2 aliphatic rings. The van der Waals surface area contributed by atoms with E-state index < -0.39 is 12.0 Å². The van der Waals surface area contributed by atoms with Crippen molar-refractivity contribution >= 4 is 35.0 Å². The maximum Gasteiger partial charge on any atom is 0.332 e. The largest absolute Gasteiger partial charge is 0.508 e. The Morgan fingerprint density at radius 2 is 1.86 bits per heavy atom. The topological polar surface area (TPSA) is 122 Å². The monoisotopic (exact) mass is 525 g/mol. The summed E-state index contributed by atoms with van der Waals surface area (Å²) in [4.78, 5) is 42.4. The maximum atomic E-state index is 13.8. The lowest BCUT2D eigenvalue weighted by Gasteiger charge is -2.36. The van der Waals surface area contributed by atoms with Gasteiger partial charge in [0.25, 0.3) is 5.91 Å². The lowest BCUT2D eigenvalue weighted by molar-refractivity contribution is -0.152. The maximum absolute atomic E-state index is 13.8. The zero-order valence-electron chi connectivity index (χ0n) is 20.7. The molecule has 2 aromatic rings. The molecule has 0 aliphatic carbocycles. The summed E-state index contributed by atoms with van der Waals surface area (Å²) in [5.41, 5.74) is 8.60. The molecule has 0 aromatic heterocycles. The van der Waals surface area contributed by atoms with Gasteiger partial charge >= 0.3 is 5.97 Å². The van der Waals surface area contributed by atoms with Gasteiger partial charge in [0.1, 0.15) is 23.4 Å². The van der Waals surface area contributed by atoms with Crippen LogP contribution in [0.25, 0.3) is 0 Å². The smallest absolute Gasteiger partial charge is 0.332 e. The molecular formula is C27H31N3O6S. The predicted molar refractivity (Wildman–Crippen MR) is 140 cm³/mol. The highest BCUT2D eigenvalue weighted by Crippen LogP contribution is 2.29. The second-order valence-electron chi connectivity index (χ2n) is 9.20. The summed E-state index contributed by atoms with van der Waals surface area (Å²) in [5, 5.41) is 9.68. The van der Waals surface area contributed by atoms with Crippen molar-refractivity contribution in [3.05, 3.63) is 64.7 Å². The molecule has 1 fully saturated rings. The van der Waals surface area contributed by atoms with E-state index in [9.17, 15) is 19.5 Å². The van der Waals surface area contributed by atoms with Crippen molar-refractivity contribution in [3.63, 3.8) is 0 Å². The molecule has 2 heterocycles. The first kappa shape index (κ1) is 26.6. The molecule has 0 spiro atoms. The van der Waals surface area contributed by atoms with Crippen molar-refractivity contribution in [1.29, 1.82) is 0 Å². The molecule has 37 heavy (non-hydrogen) atoms. The molecule has 0 bridgehead atoms. The van der Waals surface area contributed by atoms with Crippen molar-refractivity contribution in [1.82, 2.24) is 9.80 Å². The Labute approximate surface area is 221 Å². The van der Waals surface area contributed by atoms with Gasteiger partial charge in [-0.2, -0.15) is 0 Å². The number of carbonyl (C=O) groups excluding carboxylic acids is 3. The van der Waals surface area contributed by atoms with Gasteiger partial charge in [-0.25, -0.2) is 4.79 Å². The first-order valence-electron chi connectivity index (χ1n) is 12.3. The van der Waals surface area contributed by atoms with Gasteiger partial charge in [-0.05, 0) is 55.2 Å². The summed E-state index contributed by atoms with van der Waals surface area (Å²) in [7, 11) is 0. The Balaban J connectivity index is 1.49. The second kappa shape index (κ2) is 11.7. The number of nitrogens with zero attached hydrogens (tertiary/aromatic N) is 2. The number of amides is 2. The number of likely N-dealkylation sites (tertiary alicyclic amines) is 1. The summed E-state index contributed by atoms with van der Waals surface area (Å²) < 4.78 is 10.6. The zero-order chi connectivity index (χ0) is 26.5. The van der Waals surface area contributed by atoms with E-state index in [1.54, 1.807) is 53.1 Å². The summed E-state index contributed by atoms with van der Waals surface area (Å²) in [5.74, 6) is -0.631. The number of esters is 1. The first-order valence-corrected chi connectivity index (χ1v) is 12.7. The second-order valence-corrected chi connectivity index (χ2v) is 9.64. The molecule has 0 saturated carbocycles. The summed E-state index contributed by atoms with van der Waals surface area (Å²) in [6, 6.07) is 11.2. The highest BCUT2D eigenvalue weighted by atomic mass is 32.1. The van der Waals surface area contributed by atoms with Crippen LogP contribution in [0.5, 0.6) is 5.75 Å². The third kappa shape index (κ3) is 6.26. The summed E-state index contributed by atoms with van der Waals surface area (Å²) >= 11 is 5.09. The first-order chi connectivity index (χ1) is 17.8. The van der Waals surface area contributed by atoms with E-state index in [2.05, 4.69) is 0 Å². The standard InChI is InChI=1S/C27H31N3O6S/c1-2-35-24(32)16-36-21-9-11-29(12-10-21)27(34)23(13-17-3-6-20(31)7-4-17)30-15-19-14-18(25(28)37)5-8-22(19)26(30)33/h3-8,14,21,23,31H,2,9-13,15-16H2,1H3,(H2,28,37). The number of piperidine rings is 1. The highest BCUT2D eigenvalue weighted by molar-refractivity contribution is 7.80. The minimum Gasteiger partial charge on any atom is -0.508 e. The molecule has 0 radical (unpaired) electrons. The van der Waals surface area contributed by atoms with Crippen LogP contribution in [-0.4, -0.2) is 76.1 Å². The Hall–Kier alpha value is -3.50. The molecular weight excluding hydrogens is 494 g/mol. The van der Waals surface area contributed by atoms with Gasteiger partial charge in [-0.1, -0.05) is 30.4 Å². The van der Waals surface area contributed by atoms with Gasteiger partial charge < -0.3 is 30.1 Å². The van der Waals surface area contributed by atoms with E-state index >= 15 is 0 Å². The number of aromatic hydroxyl groups is 1. The number of benzene rings is 2. The average Bonchev–Trinajstić information content (AvgIpc) is 3.22. The van der Waals surface area contributed by atoms with E-state index in [1.807, 2.05) is 6.07 Å². The van der Waals surface area contributed by atoms with Gasteiger partial charge in [-0.3, -0.25) is 9.59 Å². The molecule has 2 aliphatic heterocycles. The van der Waals surface area contributed by atoms with Crippen molar-refractivity contribution in [2.24, 2.45) is 5.73 Å². The van der Waals surface area contributed by atoms with E-state index in [4.69, 9.17) is 27.4 Å². The number of thiocarbonyl (C=S) groups is 1. The quantitative estimate of drug-likeness (QED) is 0.377. The molecule has 9 nitrogen and oxygen atoms in total. The van der Waals surface area contributed by atoms with Crippen LogP contribution in [0.1, 0.15) is 46.8 Å².